The Morgan fingerprint density at radius 2 is 1.38 bits per heavy atom. The molecule has 4 nitrogen and oxygen atoms in total. The third kappa shape index (κ3) is 17.6. The maximum atomic E-state index is 10.7. The van der Waals surface area contributed by atoms with E-state index in [1.54, 1.807) is 0 Å². The summed E-state index contributed by atoms with van der Waals surface area (Å²) in [7, 11) is 0. The monoisotopic (exact) mass is 322 g/mol. The van der Waals surface area contributed by atoms with Crippen molar-refractivity contribution in [1.82, 2.24) is 4.90 Å². The van der Waals surface area contributed by atoms with Crippen molar-refractivity contribution < 1.29 is 9.90 Å². The van der Waals surface area contributed by atoms with Crippen molar-refractivity contribution in [2.75, 3.05) is 26.2 Å². The lowest BCUT2D eigenvalue weighted by Crippen LogP contribution is -2.34. The van der Waals surface area contributed by atoms with Crippen molar-refractivity contribution in [2.24, 2.45) is 5.73 Å². The van der Waals surface area contributed by atoms with Gasteiger partial charge in [0, 0.05) is 13.1 Å². The number of rotatable bonds is 15. The molecular weight excluding hydrogens is 288 g/mol. The van der Waals surface area contributed by atoms with Crippen molar-refractivity contribution in [2.45, 2.75) is 71.1 Å². The highest BCUT2D eigenvalue weighted by molar-refractivity contribution is 5.85. The lowest BCUT2D eigenvalue weighted by atomic mass is 10.1. The molecule has 0 saturated heterocycles. The highest BCUT2D eigenvalue weighted by atomic mass is 35.5. The lowest BCUT2D eigenvalue weighted by molar-refractivity contribution is -0.138. The predicted octanol–water partition coefficient (Wildman–Crippen LogP) is 3.67. The van der Waals surface area contributed by atoms with E-state index in [1.807, 2.05) is 4.90 Å². The van der Waals surface area contributed by atoms with Crippen LogP contribution in [-0.2, 0) is 4.79 Å². The number of nitrogens with zero attached hydrogens (tertiary/aromatic N) is 1. The second kappa shape index (κ2) is 17.7. The van der Waals surface area contributed by atoms with Crippen molar-refractivity contribution in [1.29, 1.82) is 0 Å². The van der Waals surface area contributed by atoms with Crippen molar-refractivity contribution >= 4 is 18.4 Å². The Labute approximate surface area is 136 Å². The predicted molar refractivity (Wildman–Crippen MR) is 92.2 cm³/mol. The summed E-state index contributed by atoms with van der Waals surface area (Å²) < 4.78 is 0. The molecular formula is C16H35ClN2O2. The third-order valence-corrected chi connectivity index (χ3v) is 3.63. The largest absolute Gasteiger partial charge is 0.480 e. The SMILES string of the molecule is CCCCCCCCCCCCN(CCN)CC(=O)O.Cl. The Morgan fingerprint density at radius 3 is 1.81 bits per heavy atom. The van der Waals surface area contributed by atoms with Gasteiger partial charge in [0.1, 0.15) is 0 Å². The van der Waals surface area contributed by atoms with E-state index in [0.29, 0.717) is 13.1 Å². The van der Waals surface area contributed by atoms with Crippen molar-refractivity contribution in [3.05, 3.63) is 0 Å². The van der Waals surface area contributed by atoms with E-state index < -0.39 is 5.97 Å². The van der Waals surface area contributed by atoms with Crippen LogP contribution in [0.4, 0.5) is 0 Å². The molecule has 0 atom stereocenters. The molecule has 0 heterocycles. The first-order valence-electron chi connectivity index (χ1n) is 8.35. The Kier molecular flexibility index (Phi) is 19.4. The molecule has 0 saturated carbocycles. The summed E-state index contributed by atoms with van der Waals surface area (Å²) in [4.78, 5) is 12.6. The molecule has 0 aliphatic heterocycles. The number of hydrogen-bond acceptors (Lipinski definition) is 3. The molecule has 21 heavy (non-hydrogen) atoms. The lowest BCUT2D eigenvalue weighted by Gasteiger charge is -2.18. The number of nitrogens with two attached hydrogens (primary N) is 1. The Bertz CT molecular complexity index is 228. The molecule has 0 amide bonds. The van der Waals surface area contributed by atoms with Crippen LogP contribution in [0.1, 0.15) is 71.1 Å². The summed E-state index contributed by atoms with van der Waals surface area (Å²) in [5, 5.41) is 8.79. The summed E-state index contributed by atoms with van der Waals surface area (Å²) in [5.74, 6) is -0.759. The normalized spacial score (nSPS) is 10.6. The van der Waals surface area contributed by atoms with E-state index in [-0.39, 0.29) is 19.0 Å². The molecule has 0 fully saturated rings. The highest BCUT2D eigenvalue weighted by Crippen LogP contribution is 2.10. The average molecular weight is 323 g/mol. The molecule has 0 aromatic carbocycles. The summed E-state index contributed by atoms with van der Waals surface area (Å²) in [6.45, 7) is 4.45. The van der Waals surface area contributed by atoms with E-state index >= 15 is 0 Å². The van der Waals surface area contributed by atoms with Crippen molar-refractivity contribution in [3.63, 3.8) is 0 Å². The molecule has 0 spiro atoms. The topological polar surface area (TPSA) is 66.6 Å². The van der Waals surface area contributed by atoms with Gasteiger partial charge in [-0.3, -0.25) is 9.69 Å². The first-order chi connectivity index (χ1) is 9.70. The zero-order valence-electron chi connectivity index (χ0n) is 13.7. The molecule has 0 aromatic rings. The van der Waals surface area contributed by atoms with E-state index in [9.17, 15) is 4.79 Å². The molecule has 0 bridgehead atoms. The highest BCUT2D eigenvalue weighted by Gasteiger charge is 2.07. The molecule has 0 aliphatic carbocycles. The minimum absolute atomic E-state index is 0. The van der Waals surface area contributed by atoms with Crippen LogP contribution in [0.25, 0.3) is 0 Å². The van der Waals surface area contributed by atoms with Gasteiger partial charge in [0.15, 0.2) is 0 Å². The van der Waals surface area contributed by atoms with Gasteiger partial charge in [-0.05, 0) is 13.0 Å². The zero-order chi connectivity index (χ0) is 15.1. The van der Waals surface area contributed by atoms with Gasteiger partial charge in [0.2, 0.25) is 0 Å². The van der Waals surface area contributed by atoms with Crippen LogP contribution in [0.3, 0.4) is 0 Å². The van der Waals surface area contributed by atoms with E-state index in [4.69, 9.17) is 10.8 Å². The number of carboxylic acids is 1. The summed E-state index contributed by atoms with van der Waals surface area (Å²) in [6, 6.07) is 0. The third-order valence-electron chi connectivity index (χ3n) is 3.63. The fraction of sp³-hybridized carbons (Fsp3) is 0.938. The maximum Gasteiger partial charge on any atom is 0.317 e. The summed E-state index contributed by atoms with van der Waals surface area (Å²) >= 11 is 0. The standard InChI is InChI=1S/C16H34N2O2.ClH/c1-2-3-4-5-6-7-8-9-10-11-13-18(14-12-17)15-16(19)20;/h2-15,17H2,1H3,(H,19,20);1H. The fourth-order valence-electron chi connectivity index (χ4n) is 2.47. The van der Waals surface area contributed by atoms with Gasteiger partial charge in [-0.2, -0.15) is 0 Å². The smallest absolute Gasteiger partial charge is 0.317 e. The zero-order valence-corrected chi connectivity index (χ0v) is 14.5. The van der Waals surface area contributed by atoms with Gasteiger partial charge in [-0.15, -0.1) is 12.4 Å². The maximum absolute atomic E-state index is 10.7. The second-order valence-electron chi connectivity index (χ2n) is 5.64. The quantitative estimate of drug-likeness (QED) is 0.451. The number of carbonyl (C=O) groups is 1. The number of hydrogen-bond donors (Lipinski definition) is 2. The molecule has 0 aromatic heterocycles. The van der Waals surface area contributed by atoms with Gasteiger partial charge in [-0.1, -0.05) is 64.7 Å². The molecule has 5 heteroatoms. The molecule has 0 radical (unpaired) electrons. The first-order valence-corrected chi connectivity index (χ1v) is 8.35. The number of halogens is 1. The van der Waals surface area contributed by atoms with Gasteiger partial charge in [0.05, 0.1) is 6.54 Å². The Balaban J connectivity index is 0. The van der Waals surface area contributed by atoms with Crippen LogP contribution < -0.4 is 5.73 Å². The second-order valence-corrected chi connectivity index (χ2v) is 5.64. The van der Waals surface area contributed by atoms with Gasteiger partial charge >= 0.3 is 5.97 Å². The number of aliphatic carboxylic acids is 1. The molecule has 0 rings (SSSR count). The van der Waals surface area contributed by atoms with Crippen LogP contribution in [-0.4, -0.2) is 42.2 Å². The molecule has 0 unspecified atom stereocenters. The van der Waals surface area contributed by atoms with E-state index in [0.717, 1.165) is 13.0 Å². The number of carboxylic acid groups (broad SMARTS) is 1. The minimum Gasteiger partial charge on any atom is -0.480 e. The summed E-state index contributed by atoms with van der Waals surface area (Å²) in [5.41, 5.74) is 5.49. The molecule has 0 aliphatic rings. The van der Waals surface area contributed by atoms with Gasteiger partial charge in [-0.25, -0.2) is 0 Å². The van der Waals surface area contributed by atoms with Crippen molar-refractivity contribution in [3.8, 4) is 0 Å². The van der Waals surface area contributed by atoms with Crippen LogP contribution in [0.15, 0.2) is 0 Å². The first kappa shape index (κ1) is 23.0. The number of unbranched alkanes of at least 4 members (excludes halogenated alkanes) is 9. The Morgan fingerprint density at radius 1 is 0.905 bits per heavy atom. The molecule has 3 N–H and O–H groups in total. The van der Waals surface area contributed by atoms with Gasteiger partial charge in [0.25, 0.3) is 0 Å². The van der Waals surface area contributed by atoms with Crippen LogP contribution in [0, 0.1) is 0 Å². The van der Waals surface area contributed by atoms with Crippen LogP contribution in [0.2, 0.25) is 0 Å². The van der Waals surface area contributed by atoms with E-state index in [1.165, 1.54) is 57.8 Å². The summed E-state index contributed by atoms with van der Waals surface area (Å²) in [6.07, 6.45) is 13.1. The fourth-order valence-corrected chi connectivity index (χ4v) is 2.47. The average Bonchev–Trinajstić information content (AvgIpc) is 2.40. The Hall–Kier alpha value is -0.320. The van der Waals surface area contributed by atoms with Gasteiger partial charge < -0.3 is 10.8 Å². The van der Waals surface area contributed by atoms with E-state index in [2.05, 4.69) is 6.92 Å². The van der Waals surface area contributed by atoms with Crippen LogP contribution >= 0.6 is 12.4 Å². The molecule has 128 valence electrons. The van der Waals surface area contributed by atoms with Crippen LogP contribution in [0.5, 0.6) is 0 Å². The minimum atomic E-state index is -0.759.